The number of amides is 1. The standard InChI is InChI=1S/C18H23N3O2/c1-4-5-12-21(2)15-10-11-19-17(13-15)18(22)20-14-6-8-16(23-3)9-7-14/h6-11,13H,4-5,12H2,1-3H3,(H,20,22). The number of nitrogens with zero attached hydrogens (tertiary/aromatic N) is 2. The van der Waals surface area contributed by atoms with E-state index in [2.05, 4.69) is 22.1 Å². The second-order valence-corrected chi connectivity index (χ2v) is 5.36. The Hall–Kier alpha value is -2.56. The summed E-state index contributed by atoms with van der Waals surface area (Å²) >= 11 is 0. The smallest absolute Gasteiger partial charge is 0.274 e. The van der Waals surface area contributed by atoms with Gasteiger partial charge in [0.1, 0.15) is 11.4 Å². The highest BCUT2D eigenvalue weighted by molar-refractivity contribution is 6.03. The van der Waals surface area contributed by atoms with Crippen molar-refractivity contribution in [1.82, 2.24) is 4.98 Å². The van der Waals surface area contributed by atoms with Gasteiger partial charge in [0.05, 0.1) is 7.11 Å². The van der Waals surface area contributed by atoms with E-state index in [0.29, 0.717) is 11.4 Å². The Balaban J connectivity index is 2.06. The average Bonchev–Trinajstić information content (AvgIpc) is 2.60. The molecule has 0 spiro atoms. The van der Waals surface area contributed by atoms with Crippen molar-refractivity contribution in [3.63, 3.8) is 0 Å². The minimum atomic E-state index is -0.221. The van der Waals surface area contributed by atoms with Gasteiger partial charge in [-0.25, -0.2) is 0 Å². The Labute approximate surface area is 137 Å². The van der Waals surface area contributed by atoms with Crippen LogP contribution in [0, 0.1) is 0 Å². The summed E-state index contributed by atoms with van der Waals surface area (Å²) in [7, 11) is 3.63. The van der Waals surface area contributed by atoms with Gasteiger partial charge in [0.2, 0.25) is 0 Å². The molecular formula is C18H23N3O2. The number of unbranched alkanes of at least 4 members (excludes halogenated alkanes) is 1. The van der Waals surface area contributed by atoms with Gasteiger partial charge in [-0.1, -0.05) is 13.3 Å². The molecule has 5 nitrogen and oxygen atoms in total. The minimum Gasteiger partial charge on any atom is -0.497 e. The molecule has 0 unspecified atom stereocenters. The molecule has 0 aliphatic heterocycles. The SMILES string of the molecule is CCCCN(C)c1ccnc(C(=O)Nc2ccc(OC)cc2)c1. The van der Waals surface area contributed by atoms with E-state index in [1.165, 1.54) is 0 Å². The quantitative estimate of drug-likeness (QED) is 0.849. The molecule has 23 heavy (non-hydrogen) atoms. The van der Waals surface area contributed by atoms with Crippen LogP contribution in [0.4, 0.5) is 11.4 Å². The Kier molecular flexibility index (Phi) is 5.97. The van der Waals surface area contributed by atoms with Gasteiger partial charge in [-0.15, -0.1) is 0 Å². The average molecular weight is 313 g/mol. The molecule has 0 radical (unpaired) electrons. The fourth-order valence-corrected chi connectivity index (χ4v) is 2.17. The number of hydrogen-bond acceptors (Lipinski definition) is 4. The third-order valence-electron chi connectivity index (χ3n) is 3.61. The van der Waals surface area contributed by atoms with Gasteiger partial charge in [0.15, 0.2) is 0 Å². The summed E-state index contributed by atoms with van der Waals surface area (Å²) in [5.41, 5.74) is 2.11. The van der Waals surface area contributed by atoms with E-state index < -0.39 is 0 Å². The molecule has 0 atom stereocenters. The zero-order chi connectivity index (χ0) is 16.7. The Morgan fingerprint density at radius 1 is 1.26 bits per heavy atom. The van der Waals surface area contributed by atoms with Gasteiger partial charge in [-0.2, -0.15) is 0 Å². The van der Waals surface area contributed by atoms with Gasteiger partial charge in [-0.3, -0.25) is 9.78 Å². The highest BCUT2D eigenvalue weighted by atomic mass is 16.5. The highest BCUT2D eigenvalue weighted by Crippen LogP contribution is 2.17. The number of nitrogens with one attached hydrogen (secondary N) is 1. The van der Waals surface area contributed by atoms with Crippen molar-refractivity contribution in [3.8, 4) is 5.75 Å². The van der Waals surface area contributed by atoms with E-state index in [1.54, 1.807) is 37.6 Å². The molecule has 1 heterocycles. The van der Waals surface area contributed by atoms with Crippen molar-refractivity contribution >= 4 is 17.3 Å². The number of pyridine rings is 1. The first-order chi connectivity index (χ1) is 11.1. The van der Waals surface area contributed by atoms with Crippen LogP contribution in [0.1, 0.15) is 30.3 Å². The molecule has 1 aromatic heterocycles. The molecule has 0 saturated heterocycles. The fraction of sp³-hybridized carbons (Fsp3) is 0.333. The minimum absolute atomic E-state index is 0.221. The molecule has 0 aliphatic rings. The summed E-state index contributed by atoms with van der Waals surface area (Å²) in [6.45, 7) is 3.12. The number of aromatic nitrogens is 1. The van der Waals surface area contributed by atoms with Crippen LogP contribution in [0.2, 0.25) is 0 Å². The lowest BCUT2D eigenvalue weighted by Gasteiger charge is -2.19. The van der Waals surface area contributed by atoms with Crippen molar-refractivity contribution in [2.24, 2.45) is 0 Å². The lowest BCUT2D eigenvalue weighted by atomic mass is 10.2. The summed E-state index contributed by atoms with van der Waals surface area (Å²) in [5.74, 6) is 0.529. The number of carbonyl (C=O) groups excluding carboxylic acids is 1. The molecular weight excluding hydrogens is 290 g/mol. The van der Waals surface area contributed by atoms with E-state index in [9.17, 15) is 4.79 Å². The maximum absolute atomic E-state index is 12.3. The molecule has 122 valence electrons. The van der Waals surface area contributed by atoms with Gasteiger partial charge in [-0.05, 0) is 42.8 Å². The lowest BCUT2D eigenvalue weighted by Crippen LogP contribution is -2.20. The molecule has 1 N–H and O–H groups in total. The van der Waals surface area contributed by atoms with Gasteiger partial charge in [0, 0.05) is 31.2 Å². The van der Waals surface area contributed by atoms with Crippen molar-refractivity contribution in [2.45, 2.75) is 19.8 Å². The van der Waals surface area contributed by atoms with E-state index in [-0.39, 0.29) is 5.91 Å². The van der Waals surface area contributed by atoms with Crippen LogP contribution in [-0.2, 0) is 0 Å². The first-order valence-electron chi connectivity index (χ1n) is 7.76. The summed E-state index contributed by atoms with van der Waals surface area (Å²) in [6, 6.07) is 10.9. The van der Waals surface area contributed by atoms with Crippen LogP contribution >= 0.6 is 0 Å². The van der Waals surface area contributed by atoms with Gasteiger partial charge in [0.25, 0.3) is 5.91 Å². The van der Waals surface area contributed by atoms with Crippen LogP contribution in [0.15, 0.2) is 42.6 Å². The van der Waals surface area contributed by atoms with Crippen molar-refractivity contribution in [1.29, 1.82) is 0 Å². The summed E-state index contributed by atoms with van der Waals surface area (Å²) in [4.78, 5) is 18.6. The van der Waals surface area contributed by atoms with Crippen molar-refractivity contribution in [3.05, 3.63) is 48.3 Å². The lowest BCUT2D eigenvalue weighted by molar-refractivity contribution is 0.102. The second kappa shape index (κ2) is 8.17. The molecule has 5 heteroatoms. The summed E-state index contributed by atoms with van der Waals surface area (Å²) in [6.07, 6.45) is 3.92. The largest absolute Gasteiger partial charge is 0.497 e. The van der Waals surface area contributed by atoms with Crippen LogP contribution in [0.3, 0.4) is 0 Å². The molecule has 0 saturated carbocycles. The zero-order valence-corrected chi connectivity index (χ0v) is 13.9. The molecule has 2 aromatic rings. The first-order valence-corrected chi connectivity index (χ1v) is 7.76. The predicted octanol–water partition coefficient (Wildman–Crippen LogP) is 3.58. The maximum Gasteiger partial charge on any atom is 0.274 e. The predicted molar refractivity (Wildman–Crippen MR) is 93.4 cm³/mol. The van der Waals surface area contributed by atoms with E-state index in [1.807, 2.05) is 19.2 Å². The summed E-state index contributed by atoms with van der Waals surface area (Å²) < 4.78 is 5.10. The Morgan fingerprint density at radius 3 is 2.65 bits per heavy atom. The molecule has 1 aromatic carbocycles. The normalized spacial score (nSPS) is 10.2. The number of ether oxygens (including phenoxy) is 1. The number of anilines is 2. The van der Waals surface area contributed by atoms with Crippen LogP contribution in [0.5, 0.6) is 5.75 Å². The number of carbonyl (C=O) groups is 1. The Bertz CT molecular complexity index is 641. The third kappa shape index (κ3) is 4.71. The van der Waals surface area contributed by atoms with Gasteiger partial charge < -0.3 is 15.0 Å². The monoisotopic (exact) mass is 313 g/mol. The van der Waals surface area contributed by atoms with Crippen LogP contribution in [-0.4, -0.2) is 31.6 Å². The molecule has 2 rings (SSSR count). The number of hydrogen-bond donors (Lipinski definition) is 1. The third-order valence-corrected chi connectivity index (χ3v) is 3.61. The first kappa shape index (κ1) is 16.8. The molecule has 0 aliphatic carbocycles. The van der Waals surface area contributed by atoms with Crippen molar-refractivity contribution in [2.75, 3.05) is 30.9 Å². The number of rotatable bonds is 7. The maximum atomic E-state index is 12.3. The van der Waals surface area contributed by atoms with Crippen molar-refractivity contribution < 1.29 is 9.53 Å². The van der Waals surface area contributed by atoms with E-state index >= 15 is 0 Å². The van der Waals surface area contributed by atoms with E-state index in [4.69, 9.17) is 4.74 Å². The topological polar surface area (TPSA) is 54.5 Å². The van der Waals surface area contributed by atoms with E-state index in [0.717, 1.165) is 30.8 Å². The number of benzene rings is 1. The Morgan fingerprint density at radius 2 is 2.00 bits per heavy atom. The highest BCUT2D eigenvalue weighted by Gasteiger charge is 2.10. The number of methoxy groups -OCH3 is 1. The second-order valence-electron chi connectivity index (χ2n) is 5.36. The molecule has 1 amide bonds. The van der Waals surface area contributed by atoms with Crippen LogP contribution in [0.25, 0.3) is 0 Å². The van der Waals surface area contributed by atoms with Crippen LogP contribution < -0.4 is 15.0 Å². The van der Waals surface area contributed by atoms with Gasteiger partial charge >= 0.3 is 0 Å². The zero-order valence-electron chi connectivity index (χ0n) is 13.9. The molecule has 0 bridgehead atoms. The summed E-state index contributed by atoms with van der Waals surface area (Å²) in [5, 5.41) is 2.84. The fourth-order valence-electron chi connectivity index (χ4n) is 2.17. The molecule has 0 fully saturated rings.